The molecule has 1 aliphatic heterocycles. The summed E-state index contributed by atoms with van der Waals surface area (Å²) in [4.78, 5) is 39.9. The average Bonchev–Trinajstić information content (AvgIpc) is 3.24. The van der Waals surface area contributed by atoms with Crippen LogP contribution in [0.2, 0.25) is 0 Å². The number of aromatic nitrogens is 3. The van der Waals surface area contributed by atoms with Gasteiger partial charge in [-0.25, -0.2) is 9.78 Å². The number of rotatable bonds is 7. The first-order valence-electron chi connectivity index (χ1n) is 11.1. The number of carbonyl (C=O) groups excluding carboxylic acids is 1. The van der Waals surface area contributed by atoms with Gasteiger partial charge < -0.3 is 30.5 Å². The summed E-state index contributed by atoms with van der Waals surface area (Å²) in [5.74, 6) is -0.299. The van der Waals surface area contributed by atoms with Crippen molar-refractivity contribution in [3.63, 3.8) is 0 Å². The van der Waals surface area contributed by atoms with Gasteiger partial charge in [0.25, 0.3) is 0 Å². The van der Waals surface area contributed by atoms with Crippen LogP contribution in [0.3, 0.4) is 0 Å². The van der Waals surface area contributed by atoms with E-state index in [2.05, 4.69) is 30.5 Å². The Labute approximate surface area is 192 Å². The second kappa shape index (κ2) is 9.76. The van der Waals surface area contributed by atoms with Crippen molar-refractivity contribution >= 4 is 34.4 Å². The van der Waals surface area contributed by atoms with Crippen LogP contribution in [-0.4, -0.2) is 69.2 Å². The third-order valence-corrected chi connectivity index (χ3v) is 5.90. The topological polar surface area (TPSA) is 126 Å². The van der Waals surface area contributed by atoms with Crippen LogP contribution >= 0.6 is 0 Å². The van der Waals surface area contributed by atoms with E-state index in [1.54, 1.807) is 17.3 Å². The monoisotopic (exact) mass is 451 g/mol. The molecule has 174 valence electrons. The maximum Gasteiger partial charge on any atom is 0.405 e. The third-order valence-electron chi connectivity index (χ3n) is 5.90. The second-order valence-electron chi connectivity index (χ2n) is 8.45. The fraction of sp³-hybridized carbons (Fsp3) is 0.391. The van der Waals surface area contributed by atoms with E-state index in [1.165, 1.54) is 0 Å². The van der Waals surface area contributed by atoms with Crippen LogP contribution in [0.5, 0.6) is 0 Å². The maximum atomic E-state index is 12.9. The fourth-order valence-corrected chi connectivity index (χ4v) is 4.15. The number of amides is 2. The van der Waals surface area contributed by atoms with Crippen molar-refractivity contribution < 1.29 is 14.7 Å². The highest BCUT2D eigenvalue weighted by Gasteiger charge is 2.31. The highest BCUT2D eigenvalue weighted by atomic mass is 16.4. The van der Waals surface area contributed by atoms with Gasteiger partial charge in [0.1, 0.15) is 11.7 Å². The number of hydrogen-bond acceptors (Lipinski definition) is 6. The Bertz CT molecular complexity index is 1110. The van der Waals surface area contributed by atoms with E-state index in [4.69, 9.17) is 5.11 Å². The molecule has 3 aromatic rings. The van der Waals surface area contributed by atoms with Crippen LogP contribution in [0.25, 0.3) is 11.0 Å². The molecule has 33 heavy (non-hydrogen) atoms. The summed E-state index contributed by atoms with van der Waals surface area (Å²) in [6.07, 6.45) is 6.10. The zero-order chi connectivity index (χ0) is 23.4. The van der Waals surface area contributed by atoms with Gasteiger partial charge >= 0.3 is 6.09 Å². The molecule has 0 bridgehead atoms. The number of nitrogens with one attached hydrogen (secondary N) is 3. The van der Waals surface area contributed by atoms with Gasteiger partial charge in [-0.15, -0.1) is 0 Å². The molecular weight excluding hydrogens is 422 g/mol. The predicted molar refractivity (Wildman–Crippen MR) is 126 cm³/mol. The van der Waals surface area contributed by atoms with Gasteiger partial charge in [-0.3, -0.25) is 9.78 Å². The first-order valence-corrected chi connectivity index (χ1v) is 11.1. The Morgan fingerprint density at radius 2 is 1.97 bits per heavy atom. The summed E-state index contributed by atoms with van der Waals surface area (Å²) in [5.41, 5.74) is 3.89. The van der Waals surface area contributed by atoms with E-state index in [0.29, 0.717) is 32.7 Å². The molecule has 1 fully saturated rings. The molecule has 1 atom stereocenters. The molecule has 0 aromatic carbocycles. The Balaban J connectivity index is 1.47. The lowest BCUT2D eigenvalue weighted by Gasteiger charge is -2.38. The number of H-pyrrole nitrogens is 1. The van der Waals surface area contributed by atoms with Crippen LogP contribution in [0.15, 0.2) is 43.0 Å². The van der Waals surface area contributed by atoms with Crippen molar-refractivity contribution in [2.45, 2.75) is 26.4 Å². The molecule has 0 saturated carbocycles. The highest BCUT2D eigenvalue weighted by Crippen LogP contribution is 2.32. The van der Waals surface area contributed by atoms with Gasteiger partial charge in [0.05, 0.1) is 16.8 Å². The number of piperazine rings is 1. The van der Waals surface area contributed by atoms with Crippen molar-refractivity contribution in [1.82, 2.24) is 25.2 Å². The Morgan fingerprint density at radius 1 is 1.18 bits per heavy atom. The van der Waals surface area contributed by atoms with Crippen molar-refractivity contribution in [2.24, 2.45) is 5.92 Å². The van der Waals surface area contributed by atoms with Crippen molar-refractivity contribution in [3.8, 4) is 0 Å². The van der Waals surface area contributed by atoms with Crippen molar-refractivity contribution in [1.29, 1.82) is 0 Å². The summed E-state index contributed by atoms with van der Waals surface area (Å²) in [5, 5.41) is 15.9. The van der Waals surface area contributed by atoms with Crippen LogP contribution < -0.4 is 15.5 Å². The molecule has 1 unspecified atom stereocenters. The van der Waals surface area contributed by atoms with Gasteiger partial charge in [0.15, 0.2) is 0 Å². The first-order chi connectivity index (χ1) is 15.9. The first kappa shape index (κ1) is 22.4. The number of nitrogens with zero attached hydrogens (tertiary/aromatic N) is 4. The molecule has 10 heteroatoms. The summed E-state index contributed by atoms with van der Waals surface area (Å²) >= 11 is 0. The maximum absolute atomic E-state index is 12.9. The SMILES string of the molecule is CC(C)C(NC(=O)O)C(=O)N1CCN(c2ccnc3[nH]cc(NCc4cccnc4)c23)CC1. The van der Waals surface area contributed by atoms with E-state index < -0.39 is 12.1 Å². The molecule has 0 spiro atoms. The lowest BCUT2D eigenvalue weighted by atomic mass is 10.0. The molecule has 10 nitrogen and oxygen atoms in total. The molecule has 0 radical (unpaired) electrons. The van der Waals surface area contributed by atoms with Gasteiger partial charge in [0.2, 0.25) is 5.91 Å². The van der Waals surface area contributed by atoms with Gasteiger partial charge in [-0.2, -0.15) is 0 Å². The number of pyridine rings is 2. The van der Waals surface area contributed by atoms with Crippen molar-refractivity contribution in [2.75, 3.05) is 36.4 Å². The number of hydrogen-bond donors (Lipinski definition) is 4. The summed E-state index contributed by atoms with van der Waals surface area (Å²) in [6, 6.07) is 5.19. The summed E-state index contributed by atoms with van der Waals surface area (Å²) in [6.45, 7) is 6.67. The van der Waals surface area contributed by atoms with E-state index in [1.807, 2.05) is 44.4 Å². The zero-order valence-corrected chi connectivity index (χ0v) is 18.8. The van der Waals surface area contributed by atoms with Gasteiger partial charge in [-0.1, -0.05) is 19.9 Å². The normalized spacial score (nSPS) is 15.0. The summed E-state index contributed by atoms with van der Waals surface area (Å²) < 4.78 is 0. The Hall–Kier alpha value is -3.82. The molecule has 4 rings (SSSR count). The quantitative estimate of drug-likeness (QED) is 0.435. The number of carboxylic acid groups (broad SMARTS) is 1. The molecule has 3 aromatic heterocycles. The third kappa shape index (κ3) is 5.00. The van der Waals surface area contributed by atoms with Crippen LogP contribution in [0.4, 0.5) is 16.2 Å². The van der Waals surface area contributed by atoms with Gasteiger partial charge in [-0.05, 0) is 23.6 Å². The number of aromatic amines is 1. The van der Waals surface area contributed by atoms with E-state index in [9.17, 15) is 9.59 Å². The van der Waals surface area contributed by atoms with E-state index in [-0.39, 0.29) is 11.8 Å². The Morgan fingerprint density at radius 3 is 2.64 bits per heavy atom. The minimum absolute atomic E-state index is 0.125. The molecular formula is C23H29N7O3. The zero-order valence-electron chi connectivity index (χ0n) is 18.8. The Kier molecular flexibility index (Phi) is 6.62. The number of carbonyl (C=O) groups is 2. The molecule has 1 aliphatic rings. The van der Waals surface area contributed by atoms with E-state index in [0.717, 1.165) is 28.0 Å². The lowest BCUT2D eigenvalue weighted by Crippen LogP contribution is -2.56. The minimum atomic E-state index is -1.18. The average molecular weight is 452 g/mol. The molecule has 0 aliphatic carbocycles. The van der Waals surface area contributed by atoms with Crippen LogP contribution in [-0.2, 0) is 11.3 Å². The molecule has 2 amide bonds. The van der Waals surface area contributed by atoms with E-state index >= 15 is 0 Å². The van der Waals surface area contributed by atoms with Crippen molar-refractivity contribution in [3.05, 3.63) is 48.5 Å². The minimum Gasteiger partial charge on any atom is -0.465 e. The largest absolute Gasteiger partial charge is 0.465 e. The highest BCUT2D eigenvalue weighted by molar-refractivity contribution is 6.00. The smallest absolute Gasteiger partial charge is 0.405 e. The molecule has 1 saturated heterocycles. The standard InChI is InChI=1S/C23H29N7O3/c1-15(2)20(28-23(32)33)22(31)30-10-8-29(9-11-30)18-5-7-25-21-19(18)17(14-27-21)26-13-16-4-3-6-24-12-16/h3-7,12,14-15,20,26,28H,8-11,13H2,1-2H3,(H,25,27)(H,32,33). The fourth-order valence-electron chi connectivity index (χ4n) is 4.15. The van der Waals surface area contributed by atoms with Gasteiger partial charge in [0, 0.05) is 57.5 Å². The lowest BCUT2D eigenvalue weighted by molar-refractivity contribution is -0.134. The van der Waals surface area contributed by atoms with Crippen LogP contribution in [0.1, 0.15) is 19.4 Å². The number of anilines is 2. The molecule has 4 N–H and O–H groups in total. The van der Waals surface area contributed by atoms with Crippen LogP contribution in [0, 0.1) is 5.92 Å². The number of fused-ring (bicyclic) bond motifs is 1. The molecule has 4 heterocycles. The predicted octanol–water partition coefficient (Wildman–Crippen LogP) is 2.51. The second-order valence-corrected chi connectivity index (χ2v) is 8.45. The summed E-state index contributed by atoms with van der Waals surface area (Å²) in [7, 11) is 0.